The molecule has 0 saturated heterocycles. The van der Waals surface area contributed by atoms with Crippen molar-refractivity contribution in [1.29, 1.82) is 0 Å². The smallest absolute Gasteiger partial charge is 0.142 e. The molecule has 1 atom stereocenters. The molecule has 144 valence electrons. The Hall–Kier alpha value is -1.52. The van der Waals surface area contributed by atoms with Crippen LogP contribution in [0.25, 0.3) is 0 Å². The van der Waals surface area contributed by atoms with Crippen molar-refractivity contribution in [2.75, 3.05) is 16.8 Å². The number of aryl methyl sites for hydroxylation is 1. The first kappa shape index (κ1) is 18.8. The Bertz CT molecular complexity index is 833. The number of anilines is 3. The van der Waals surface area contributed by atoms with Gasteiger partial charge in [-0.25, -0.2) is 9.97 Å². The molecule has 1 fully saturated rings. The first-order valence-electron chi connectivity index (χ1n) is 9.89. The summed E-state index contributed by atoms with van der Waals surface area (Å²) in [4.78, 5) is 11.7. The highest BCUT2D eigenvalue weighted by molar-refractivity contribution is 6.36. The molecule has 27 heavy (non-hydrogen) atoms. The molecule has 1 unspecified atom stereocenters. The van der Waals surface area contributed by atoms with Crippen LogP contribution >= 0.6 is 23.2 Å². The minimum Gasteiger partial charge on any atom is -0.367 e. The zero-order valence-electron chi connectivity index (χ0n) is 15.9. The molecule has 0 amide bonds. The lowest BCUT2D eigenvalue weighted by atomic mass is 9.84. The first-order chi connectivity index (χ1) is 13.0. The standard InChI is InChI=1S/C21H26Cl2N4/c1-13(15-6-4-3-5-7-15)24-20-17-10-11-27(21(17)26-14(2)25-20)19-9-8-16(22)12-18(19)23/h8-9,12-13,15H,3-7,10-11H2,1-2H3,(H,24,25,26). The van der Waals surface area contributed by atoms with E-state index in [9.17, 15) is 0 Å². The van der Waals surface area contributed by atoms with E-state index in [1.165, 1.54) is 37.7 Å². The lowest BCUT2D eigenvalue weighted by Gasteiger charge is -2.29. The minimum atomic E-state index is 0.428. The highest BCUT2D eigenvalue weighted by Gasteiger charge is 2.29. The Kier molecular flexibility index (Phi) is 5.47. The SMILES string of the molecule is Cc1nc(NC(C)C2CCCCC2)c2c(n1)N(c1ccc(Cl)cc1Cl)CC2. The van der Waals surface area contributed by atoms with Crippen LogP contribution in [0.3, 0.4) is 0 Å². The predicted molar refractivity (Wildman–Crippen MR) is 114 cm³/mol. The summed E-state index contributed by atoms with van der Waals surface area (Å²) < 4.78 is 0. The molecule has 1 saturated carbocycles. The zero-order valence-corrected chi connectivity index (χ0v) is 17.4. The van der Waals surface area contributed by atoms with Crippen molar-refractivity contribution in [3.63, 3.8) is 0 Å². The van der Waals surface area contributed by atoms with Crippen molar-refractivity contribution >= 4 is 40.5 Å². The van der Waals surface area contributed by atoms with Gasteiger partial charge in [0.1, 0.15) is 17.5 Å². The maximum Gasteiger partial charge on any atom is 0.142 e. The highest BCUT2D eigenvalue weighted by Crippen LogP contribution is 2.40. The van der Waals surface area contributed by atoms with Crippen LogP contribution in [0.2, 0.25) is 10.0 Å². The van der Waals surface area contributed by atoms with Gasteiger partial charge in [0.25, 0.3) is 0 Å². The van der Waals surface area contributed by atoms with Crippen LogP contribution in [0.15, 0.2) is 18.2 Å². The van der Waals surface area contributed by atoms with Crippen molar-refractivity contribution in [2.45, 2.75) is 58.4 Å². The topological polar surface area (TPSA) is 41.1 Å². The normalized spacial score (nSPS) is 18.4. The minimum absolute atomic E-state index is 0.428. The largest absolute Gasteiger partial charge is 0.367 e. The van der Waals surface area contributed by atoms with E-state index in [0.717, 1.165) is 42.0 Å². The van der Waals surface area contributed by atoms with Crippen molar-refractivity contribution in [3.05, 3.63) is 39.6 Å². The van der Waals surface area contributed by atoms with Crippen molar-refractivity contribution < 1.29 is 0 Å². The second-order valence-corrected chi connectivity index (χ2v) is 8.59. The molecule has 2 aromatic rings. The molecule has 1 aliphatic carbocycles. The quantitative estimate of drug-likeness (QED) is 0.661. The number of hydrogen-bond acceptors (Lipinski definition) is 4. The van der Waals surface area contributed by atoms with Gasteiger partial charge in [0, 0.05) is 23.2 Å². The van der Waals surface area contributed by atoms with E-state index in [4.69, 9.17) is 33.2 Å². The first-order valence-corrected chi connectivity index (χ1v) is 10.6. The second kappa shape index (κ2) is 7.84. The van der Waals surface area contributed by atoms with Gasteiger partial charge in [0.2, 0.25) is 0 Å². The lowest BCUT2D eigenvalue weighted by Crippen LogP contribution is -2.28. The van der Waals surface area contributed by atoms with Crippen LogP contribution in [0.4, 0.5) is 17.3 Å². The fourth-order valence-electron chi connectivity index (χ4n) is 4.39. The van der Waals surface area contributed by atoms with E-state index in [1.54, 1.807) is 6.07 Å². The summed E-state index contributed by atoms with van der Waals surface area (Å²) in [6, 6.07) is 6.06. The Morgan fingerprint density at radius 3 is 2.67 bits per heavy atom. The van der Waals surface area contributed by atoms with Gasteiger partial charge in [-0.15, -0.1) is 0 Å². The number of nitrogens with zero attached hydrogens (tertiary/aromatic N) is 3. The van der Waals surface area contributed by atoms with Crippen molar-refractivity contribution in [2.24, 2.45) is 5.92 Å². The monoisotopic (exact) mass is 404 g/mol. The van der Waals surface area contributed by atoms with Crippen LogP contribution in [-0.4, -0.2) is 22.6 Å². The van der Waals surface area contributed by atoms with Gasteiger partial charge >= 0.3 is 0 Å². The Morgan fingerprint density at radius 1 is 1.15 bits per heavy atom. The third-order valence-electron chi connectivity index (χ3n) is 5.86. The molecule has 6 heteroatoms. The van der Waals surface area contributed by atoms with Crippen LogP contribution in [-0.2, 0) is 6.42 Å². The third-order valence-corrected chi connectivity index (χ3v) is 6.40. The summed E-state index contributed by atoms with van der Waals surface area (Å²) in [7, 11) is 0. The van der Waals surface area contributed by atoms with E-state index >= 15 is 0 Å². The molecule has 0 spiro atoms. The van der Waals surface area contributed by atoms with E-state index < -0.39 is 0 Å². The summed E-state index contributed by atoms with van der Waals surface area (Å²) in [6.07, 6.45) is 7.61. The molecule has 1 N–H and O–H groups in total. The van der Waals surface area contributed by atoms with Crippen LogP contribution < -0.4 is 10.2 Å². The molecule has 1 aromatic heterocycles. The highest BCUT2D eigenvalue weighted by atomic mass is 35.5. The molecule has 4 rings (SSSR count). The molecule has 2 aliphatic rings. The molecule has 4 nitrogen and oxygen atoms in total. The van der Waals surface area contributed by atoms with E-state index in [2.05, 4.69) is 17.1 Å². The number of aromatic nitrogens is 2. The maximum absolute atomic E-state index is 6.46. The van der Waals surface area contributed by atoms with Gasteiger partial charge in [-0.2, -0.15) is 0 Å². The van der Waals surface area contributed by atoms with E-state index in [0.29, 0.717) is 16.1 Å². The summed E-state index contributed by atoms with van der Waals surface area (Å²) >= 11 is 12.5. The Morgan fingerprint density at radius 2 is 1.93 bits per heavy atom. The van der Waals surface area contributed by atoms with E-state index in [1.807, 2.05) is 19.1 Å². The summed E-state index contributed by atoms with van der Waals surface area (Å²) in [6.45, 7) is 5.10. The summed E-state index contributed by atoms with van der Waals surface area (Å²) in [5.41, 5.74) is 2.14. The maximum atomic E-state index is 6.46. The molecule has 0 radical (unpaired) electrons. The average molecular weight is 405 g/mol. The summed E-state index contributed by atoms with van der Waals surface area (Å²) in [5.74, 6) is 3.46. The molecule has 1 aromatic carbocycles. The third kappa shape index (κ3) is 3.88. The fraction of sp³-hybridized carbons (Fsp3) is 0.524. The molecular weight excluding hydrogens is 379 g/mol. The molecule has 0 bridgehead atoms. The van der Waals surface area contributed by atoms with E-state index in [-0.39, 0.29) is 0 Å². The number of fused-ring (bicyclic) bond motifs is 1. The second-order valence-electron chi connectivity index (χ2n) is 7.75. The van der Waals surface area contributed by atoms with Gasteiger partial charge in [0.15, 0.2) is 0 Å². The zero-order chi connectivity index (χ0) is 19.0. The van der Waals surface area contributed by atoms with Crippen LogP contribution in [0, 0.1) is 12.8 Å². The average Bonchev–Trinajstić information content (AvgIpc) is 3.06. The number of halogens is 2. The van der Waals surface area contributed by atoms with Gasteiger partial charge in [-0.1, -0.05) is 42.5 Å². The number of rotatable bonds is 4. The molecule has 2 heterocycles. The fourth-order valence-corrected chi connectivity index (χ4v) is 4.90. The Balaban J connectivity index is 1.63. The summed E-state index contributed by atoms with van der Waals surface area (Å²) in [5, 5.41) is 5.01. The van der Waals surface area contributed by atoms with Crippen LogP contribution in [0.5, 0.6) is 0 Å². The predicted octanol–water partition coefficient (Wildman–Crippen LogP) is 6.17. The van der Waals surface area contributed by atoms with Gasteiger partial charge in [-0.05, 0) is 57.2 Å². The lowest BCUT2D eigenvalue weighted by molar-refractivity contribution is 0.328. The number of nitrogens with one attached hydrogen (secondary N) is 1. The number of hydrogen-bond donors (Lipinski definition) is 1. The van der Waals surface area contributed by atoms with Gasteiger partial charge < -0.3 is 10.2 Å². The van der Waals surface area contributed by atoms with Crippen molar-refractivity contribution in [1.82, 2.24) is 9.97 Å². The van der Waals surface area contributed by atoms with Crippen LogP contribution in [0.1, 0.15) is 50.4 Å². The van der Waals surface area contributed by atoms with Crippen molar-refractivity contribution in [3.8, 4) is 0 Å². The molecule has 1 aliphatic heterocycles. The van der Waals surface area contributed by atoms with Gasteiger partial charge in [-0.3, -0.25) is 0 Å². The number of benzene rings is 1. The molecular formula is C21H26Cl2N4. The Labute approximate surface area is 171 Å². The van der Waals surface area contributed by atoms with Gasteiger partial charge in [0.05, 0.1) is 10.7 Å².